The largest absolute Gasteiger partial charge is 0.328 e. The fourth-order valence-electron chi connectivity index (χ4n) is 1.12. The molecule has 0 aliphatic rings. The molecule has 1 heterocycles. The second kappa shape index (κ2) is 4.71. The Hall–Kier alpha value is -0.950. The van der Waals surface area contributed by atoms with E-state index in [-0.39, 0.29) is 17.5 Å². The van der Waals surface area contributed by atoms with Crippen LogP contribution in [-0.2, 0) is 22.6 Å². The summed E-state index contributed by atoms with van der Waals surface area (Å²) in [6, 6.07) is -0.0957. The van der Waals surface area contributed by atoms with Gasteiger partial charge in [-0.2, -0.15) is 0 Å². The lowest BCUT2D eigenvalue weighted by atomic mass is 10.3. The van der Waals surface area contributed by atoms with Gasteiger partial charge >= 0.3 is 0 Å². The van der Waals surface area contributed by atoms with Gasteiger partial charge in [-0.15, -0.1) is 5.10 Å². The van der Waals surface area contributed by atoms with Gasteiger partial charge in [-0.05, 0) is 13.3 Å². The monoisotopic (exact) mass is 232 g/mol. The lowest BCUT2D eigenvalue weighted by molar-refractivity contribution is 0.586. The number of sulfone groups is 1. The van der Waals surface area contributed by atoms with Crippen LogP contribution in [0.4, 0.5) is 0 Å². The molecule has 0 fully saturated rings. The molecule has 86 valence electrons. The number of nitrogens with zero attached hydrogens (tertiary/aromatic N) is 3. The van der Waals surface area contributed by atoms with Crippen molar-refractivity contribution < 1.29 is 8.42 Å². The van der Waals surface area contributed by atoms with Crippen molar-refractivity contribution >= 4 is 9.84 Å². The highest BCUT2D eigenvalue weighted by atomic mass is 32.2. The predicted molar refractivity (Wildman–Crippen MR) is 56.8 cm³/mol. The van der Waals surface area contributed by atoms with Crippen LogP contribution >= 0.6 is 0 Å². The van der Waals surface area contributed by atoms with E-state index in [0.29, 0.717) is 12.1 Å². The van der Waals surface area contributed by atoms with Crippen molar-refractivity contribution in [2.75, 3.05) is 5.75 Å². The highest BCUT2D eigenvalue weighted by Crippen LogP contribution is 2.04. The summed E-state index contributed by atoms with van der Waals surface area (Å²) in [6.07, 6.45) is 2.08. The van der Waals surface area contributed by atoms with E-state index in [1.807, 2.05) is 0 Å². The number of hydrogen-bond donors (Lipinski definition) is 1. The van der Waals surface area contributed by atoms with Crippen LogP contribution in [0.3, 0.4) is 0 Å². The van der Waals surface area contributed by atoms with E-state index in [9.17, 15) is 8.42 Å². The van der Waals surface area contributed by atoms with Gasteiger partial charge in [-0.25, -0.2) is 8.42 Å². The summed E-state index contributed by atoms with van der Waals surface area (Å²) in [4.78, 5) is 0. The second-order valence-corrected chi connectivity index (χ2v) is 5.93. The van der Waals surface area contributed by atoms with Crippen molar-refractivity contribution in [2.24, 2.45) is 12.8 Å². The van der Waals surface area contributed by atoms with Crippen LogP contribution in [0.25, 0.3) is 0 Å². The molecule has 0 radical (unpaired) electrons. The summed E-state index contributed by atoms with van der Waals surface area (Å²) in [5, 5.41) is 7.40. The van der Waals surface area contributed by atoms with Gasteiger partial charge in [0.25, 0.3) is 0 Å². The van der Waals surface area contributed by atoms with Crippen molar-refractivity contribution in [3.8, 4) is 0 Å². The zero-order valence-corrected chi connectivity index (χ0v) is 9.74. The Balaban J connectivity index is 2.57. The summed E-state index contributed by atoms with van der Waals surface area (Å²) < 4.78 is 24.6. The van der Waals surface area contributed by atoms with Crippen LogP contribution in [0.2, 0.25) is 0 Å². The molecular weight excluding hydrogens is 216 g/mol. The van der Waals surface area contributed by atoms with Gasteiger partial charge in [-0.1, -0.05) is 5.21 Å². The minimum Gasteiger partial charge on any atom is -0.328 e. The van der Waals surface area contributed by atoms with Crippen LogP contribution < -0.4 is 5.73 Å². The minimum absolute atomic E-state index is 0.0619. The Morgan fingerprint density at radius 2 is 2.27 bits per heavy atom. The van der Waals surface area contributed by atoms with Crippen molar-refractivity contribution in [3.63, 3.8) is 0 Å². The fourth-order valence-corrected chi connectivity index (χ4v) is 2.58. The number of hydrogen-bond acceptors (Lipinski definition) is 5. The summed E-state index contributed by atoms with van der Waals surface area (Å²) in [5.74, 6) is 0.0365. The molecule has 1 aromatic rings. The summed E-state index contributed by atoms with van der Waals surface area (Å²) in [5.41, 5.74) is 5.97. The van der Waals surface area contributed by atoms with Crippen LogP contribution in [-0.4, -0.2) is 35.2 Å². The average molecular weight is 232 g/mol. The molecular formula is C8H16N4O2S. The van der Waals surface area contributed by atoms with Gasteiger partial charge in [0.2, 0.25) is 0 Å². The molecule has 0 bridgehead atoms. The maximum absolute atomic E-state index is 11.6. The summed E-state index contributed by atoms with van der Waals surface area (Å²) in [6.45, 7) is 1.79. The predicted octanol–water partition coefficient (Wildman–Crippen LogP) is -0.533. The quantitative estimate of drug-likeness (QED) is 0.736. The third-order valence-corrected chi connectivity index (χ3v) is 3.50. The standard InChI is InChI=1S/C8H16N4O2S/c1-7(9)3-4-15(13,14)6-8-5-12(2)11-10-8/h5,7H,3-4,6,9H2,1-2H3. The molecule has 0 aromatic carbocycles. The Bertz CT molecular complexity index is 410. The molecule has 0 aliphatic heterocycles. The minimum atomic E-state index is -3.11. The van der Waals surface area contributed by atoms with E-state index in [1.165, 1.54) is 4.68 Å². The van der Waals surface area contributed by atoms with E-state index in [2.05, 4.69) is 10.3 Å². The third-order valence-electron chi connectivity index (χ3n) is 1.90. The van der Waals surface area contributed by atoms with Gasteiger partial charge in [0.05, 0.1) is 17.2 Å². The molecule has 0 saturated carbocycles. The van der Waals surface area contributed by atoms with Gasteiger partial charge < -0.3 is 5.73 Å². The Morgan fingerprint density at radius 1 is 1.60 bits per heavy atom. The molecule has 1 atom stereocenters. The van der Waals surface area contributed by atoms with Crippen LogP contribution in [0.1, 0.15) is 19.0 Å². The first-order valence-corrected chi connectivity index (χ1v) is 6.52. The Labute approximate surface area is 89.4 Å². The lowest BCUT2D eigenvalue weighted by Crippen LogP contribution is -2.20. The first-order valence-electron chi connectivity index (χ1n) is 4.70. The molecule has 1 aromatic heterocycles. The van der Waals surface area contributed by atoms with Gasteiger partial charge in [0, 0.05) is 19.3 Å². The van der Waals surface area contributed by atoms with Gasteiger partial charge in [0.1, 0.15) is 0 Å². The Kier molecular flexibility index (Phi) is 3.81. The number of aromatic nitrogens is 3. The first kappa shape index (κ1) is 12.1. The topological polar surface area (TPSA) is 90.9 Å². The lowest BCUT2D eigenvalue weighted by Gasteiger charge is -2.04. The van der Waals surface area contributed by atoms with E-state index in [0.717, 1.165) is 0 Å². The maximum Gasteiger partial charge on any atom is 0.156 e. The van der Waals surface area contributed by atoms with Crippen molar-refractivity contribution in [2.45, 2.75) is 25.1 Å². The smallest absolute Gasteiger partial charge is 0.156 e. The molecule has 1 unspecified atom stereocenters. The average Bonchev–Trinajstić information content (AvgIpc) is 2.47. The first-order chi connectivity index (χ1) is 6.89. The zero-order valence-electron chi connectivity index (χ0n) is 8.92. The van der Waals surface area contributed by atoms with Crippen molar-refractivity contribution in [3.05, 3.63) is 11.9 Å². The van der Waals surface area contributed by atoms with Crippen molar-refractivity contribution in [1.82, 2.24) is 15.0 Å². The highest BCUT2D eigenvalue weighted by Gasteiger charge is 2.14. The summed E-state index contributed by atoms with van der Waals surface area (Å²) in [7, 11) is -1.41. The van der Waals surface area contributed by atoms with Crippen LogP contribution in [0.5, 0.6) is 0 Å². The van der Waals surface area contributed by atoms with E-state index < -0.39 is 9.84 Å². The van der Waals surface area contributed by atoms with Gasteiger partial charge in [0.15, 0.2) is 9.84 Å². The fraction of sp³-hybridized carbons (Fsp3) is 0.750. The molecule has 0 amide bonds. The van der Waals surface area contributed by atoms with E-state index in [1.54, 1.807) is 20.2 Å². The van der Waals surface area contributed by atoms with Crippen LogP contribution in [0, 0.1) is 0 Å². The number of aryl methyl sites for hydroxylation is 1. The Morgan fingerprint density at radius 3 is 2.73 bits per heavy atom. The maximum atomic E-state index is 11.6. The number of rotatable bonds is 5. The van der Waals surface area contributed by atoms with Crippen molar-refractivity contribution in [1.29, 1.82) is 0 Å². The molecule has 7 heteroatoms. The molecule has 15 heavy (non-hydrogen) atoms. The highest BCUT2D eigenvalue weighted by molar-refractivity contribution is 7.90. The molecule has 0 saturated heterocycles. The normalized spacial score (nSPS) is 14.1. The van der Waals surface area contributed by atoms with E-state index in [4.69, 9.17) is 5.73 Å². The summed E-state index contributed by atoms with van der Waals surface area (Å²) >= 11 is 0. The second-order valence-electron chi connectivity index (χ2n) is 3.74. The van der Waals surface area contributed by atoms with Gasteiger partial charge in [-0.3, -0.25) is 4.68 Å². The molecule has 1 rings (SSSR count). The van der Waals surface area contributed by atoms with Crippen LogP contribution in [0.15, 0.2) is 6.20 Å². The molecule has 2 N–H and O–H groups in total. The molecule has 0 aliphatic carbocycles. The molecule has 6 nitrogen and oxygen atoms in total. The molecule has 0 spiro atoms. The van der Waals surface area contributed by atoms with E-state index >= 15 is 0 Å². The third kappa shape index (κ3) is 4.39. The SMILES string of the molecule is CC(N)CCS(=O)(=O)Cc1cn(C)nn1. The number of nitrogens with two attached hydrogens (primary N) is 1. The zero-order chi connectivity index (χ0) is 11.5.